The van der Waals surface area contributed by atoms with Crippen LogP contribution in [-0.2, 0) is 21.3 Å². The average Bonchev–Trinajstić information content (AvgIpc) is 2.27. The number of carboxylic acids is 1. The lowest BCUT2D eigenvalue weighted by molar-refractivity contribution is -0.137. The van der Waals surface area contributed by atoms with E-state index in [1.165, 1.54) is 0 Å². The lowest BCUT2D eigenvalue weighted by Gasteiger charge is -2.16. The third kappa shape index (κ3) is 3.89. The van der Waals surface area contributed by atoms with E-state index in [1.54, 1.807) is 38.1 Å². The van der Waals surface area contributed by atoms with E-state index in [4.69, 9.17) is 10.8 Å². The van der Waals surface area contributed by atoms with Gasteiger partial charge in [0.15, 0.2) is 0 Å². The highest BCUT2D eigenvalue weighted by atomic mass is 32.2. The van der Waals surface area contributed by atoms with Gasteiger partial charge in [0, 0.05) is 16.4 Å². The van der Waals surface area contributed by atoms with Crippen LogP contribution in [0.5, 0.6) is 0 Å². The minimum Gasteiger partial charge on any atom is -0.480 e. The number of primary amides is 1. The monoisotopic (exact) mass is 283 g/mol. The Morgan fingerprint density at radius 1 is 1.32 bits per heavy atom. The van der Waals surface area contributed by atoms with Crippen molar-refractivity contribution in [3.8, 4) is 0 Å². The summed E-state index contributed by atoms with van der Waals surface area (Å²) in [6.45, 7) is 3.41. The number of carbonyl (C=O) groups is 2. The van der Waals surface area contributed by atoms with Gasteiger partial charge in [0.2, 0.25) is 5.91 Å². The Kier molecular flexibility index (Phi) is 5.23. The van der Waals surface area contributed by atoms with Crippen molar-refractivity contribution in [2.24, 2.45) is 11.7 Å². The Labute approximate surface area is 114 Å². The molecule has 19 heavy (non-hydrogen) atoms. The molecule has 0 aromatic heterocycles. The van der Waals surface area contributed by atoms with Gasteiger partial charge in [-0.25, -0.2) is 0 Å². The molecule has 0 radical (unpaired) electrons. The van der Waals surface area contributed by atoms with E-state index in [0.29, 0.717) is 5.56 Å². The molecular formula is C13H17NO4S. The van der Waals surface area contributed by atoms with Crippen LogP contribution in [0, 0.1) is 5.92 Å². The molecule has 0 fully saturated rings. The molecule has 104 valence electrons. The molecule has 0 aliphatic heterocycles. The molecule has 0 saturated carbocycles. The summed E-state index contributed by atoms with van der Waals surface area (Å²) in [4.78, 5) is 22.4. The molecule has 1 aromatic rings. The molecule has 0 aliphatic carbocycles. The van der Waals surface area contributed by atoms with Crippen molar-refractivity contribution in [3.63, 3.8) is 0 Å². The third-order valence-electron chi connectivity index (χ3n) is 2.71. The van der Waals surface area contributed by atoms with Crippen molar-refractivity contribution in [1.29, 1.82) is 0 Å². The molecule has 0 bridgehead atoms. The fraction of sp³-hybridized carbons (Fsp3) is 0.385. The van der Waals surface area contributed by atoms with Crippen LogP contribution in [-0.4, -0.2) is 26.4 Å². The smallest absolute Gasteiger partial charge is 0.319 e. The van der Waals surface area contributed by atoms with E-state index in [-0.39, 0.29) is 17.2 Å². The Bertz CT molecular complexity index is 513. The molecule has 1 rings (SSSR count). The zero-order valence-corrected chi connectivity index (χ0v) is 11.6. The molecular weight excluding hydrogens is 266 g/mol. The molecule has 0 spiro atoms. The standard InChI is InChI=1S/C13H17NO4S/c1-8(2)11(13(16)17)19(18)7-9-5-3-4-6-10(9)12(14)15/h3-6,8,11H,7H2,1-2H3,(H2,14,15)(H,16,17). The highest BCUT2D eigenvalue weighted by Gasteiger charge is 2.28. The van der Waals surface area contributed by atoms with Gasteiger partial charge >= 0.3 is 5.97 Å². The number of aliphatic carboxylic acids is 1. The number of carbonyl (C=O) groups excluding carboxylic acids is 1. The van der Waals surface area contributed by atoms with Crippen molar-refractivity contribution in [2.45, 2.75) is 24.9 Å². The van der Waals surface area contributed by atoms with E-state index in [0.717, 1.165) is 0 Å². The van der Waals surface area contributed by atoms with Gasteiger partial charge in [0.25, 0.3) is 0 Å². The summed E-state index contributed by atoms with van der Waals surface area (Å²) in [6, 6.07) is 6.53. The van der Waals surface area contributed by atoms with Crippen LogP contribution in [0.3, 0.4) is 0 Å². The first-order chi connectivity index (χ1) is 8.84. The Balaban J connectivity index is 2.99. The fourth-order valence-electron chi connectivity index (χ4n) is 1.83. The number of hydrogen-bond acceptors (Lipinski definition) is 3. The van der Waals surface area contributed by atoms with E-state index < -0.39 is 27.9 Å². The number of rotatable bonds is 6. The summed E-state index contributed by atoms with van der Waals surface area (Å²) >= 11 is 0. The normalized spacial score (nSPS) is 14.1. The van der Waals surface area contributed by atoms with Gasteiger partial charge < -0.3 is 10.8 Å². The zero-order valence-electron chi connectivity index (χ0n) is 10.8. The first kappa shape index (κ1) is 15.4. The van der Waals surface area contributed by atoms with E-state index in [9.17, 15) is 13.8 Å². The van der Waals surface area contributed by atoms with Crippen LogP contribution < -0.4 is 5.73 Å². The molecule has 3 N–H and O–H groups in total. The van der Waals surface area contributed by atoms with Crippen molar-refractivity contribution in [3.05, 3.63) is 35.4 Å². The summed E-state index contributed by atoms with van der Waals surface area (Å²) in [6.07, 6.45) is 0. The number of nitrogens with two attached hydrogens (primary N) is 1. The second-order valence-electron chi connectivity index (χ2n) is 4.55. The van der Waals surface area contributed by atoms with Gasteiger partial charge in [0.1, 0.15) is 5.25 Å². The minimum absolute atomic E-state index is 0.00819. The predicted molar refractivity (Wildman–Crippen MR) is 73.1 cm³/mol. The summed E-state index contributed by atoms with van der Waals surface area (Å²) in [5.41, 5.74) is 6.03. The maximum absolute atomic E-state index is 12.1. The van der Waals surface area contributed by atoms with Crippen LogP contribution in [0.2, 0.25) is 0 Å². The summed E-state index contributed by atoms with van der Waals surface area (Å²) in [5.74, 6) is -1.94. The Morgan fingerprint density at radius 2 is 1.89 bits per heavy atom. The predicted octanol–water partition coefficient (Wildman–Crippen LogP) is 1.14. The van der Waals surface area contributed by atoms with Gasteiger partial charge in [-0.1, -0.05) is 32.0 Å². The summed E-state index contributed by atoms with van der Waals surface area (Å²) in [5, 5.41) is 8.13. The molecule has 0 heterocycles. The molecule has 5 nitrogen and oxygen atoms in total. The van der Waals surface area contributed by atoms with E-state index in [2.05, 4.69) is 0 Å². The molecule has 0 aliphatic rings. The highest BCUT2D eigenvalue weighted by molar-refractivity contribution is 7.85. The van der Waals surface area contributed by atoms with Crippen LogP contribution in [0.1, 0.15) is 29.8 Å². The maximum atomic E-state index is 12.1. The zero-order chi connectivity index (χ0) is 14.6. The summed E-state index contributed by atoms with van der Waals surface area (Å²) in [7, 11) is -1.60. The van der Waals surface area contributed by atoms with Gasteiger partial charge in [-0.15, -0.1) is 0 Å². The first-order valence-corrected chi connectivity index (χ1v) is 7.20. The molecule has 2 unspecified atom stereocenters. The maximum Gasteiger partial charge on any atom is 0.319 e. The SMILES string of the molecule is CC(C)C(C(=O)O)S(=O)Cc1ccccc1C(N)=O. The largest absolute Gasteiger partial charge is 0.480 e. The second kappa shape index (κ2) is 6.47. The van der Waals surface area contributed by atoms with Crippen LogP contribution in [0.25, 0.3) is 0 Å². The number of benzene rings is 1. The van der Waals surface area contributed by atoms with Crippen molar-refractivity contribution in [1.82, 2.24) is 0 Å². The minimum atomic E-state index is -1.60. The summed E-state index contributed by atoms with van der Waals surface area (Å²) < 4.78 is 12.1. The number of carboxylic acid groups (broad SMARTS) is 1. The van der Waals surface area contributed by atoms with Crippen LogP contribution >= 0.6 is 0 Å². The third-order valence-corrected chi connectivity index (χ3v) is 4.62. The van der Waals surface area contributed by atoms with Crippen molar-refractivity contribution >= 4 is 22.7 Å². The molecule has 0 saturated heterocycles. The van der Waals surface area contributed by atoms with E-state index in [1.807, 2.05) is 0 Å². The Morgan fingerprint density at radius 3 is 2.37 bits per heavy atom. The molecule has 6 heteroatoms. The first-order valence-electron chi connectivity index (χ1n) is 5.82. The van der Waals surface area contributed by atoms with Gasteiger partial charge in [-0.05, 0) is 17.5 Å². The topological polar surface area (TPSA) is 97.5 Å². The quantitative estimate of drug-likeness (QED) is 0.818. The molecule has 2 atom stereocenters. The second-order valence-corrected chi connectivity index (χ2v) is 6.11. The highest BCUT2D eigenvalue weighted by Crippen LogP contribution is 2.17. The molecule has 1 amide bonds. The van der Waals surface area contributed by atoms with Gasteiger partial charge in [0.05, 0.1) is 5.75 Å². The van der Waals surface area contributed by atoms with Crippen molar-refractivity contribution < 1.29 is 18.9 Å². The van der Waals surface area contributed by atoms with Crippen LogP contribution in [0.4, 0.5) is 0 Å². The average molecular weight is 283 g/mol. The molecule has 1 aromatic carbocycles. The lowest BCUT2D eigenvalue weighted by Crippen LogP contribution is -2.32. The van der Waals surface area contributed by atoms with Crippen molar-refractivity contribution in [2.75, 3.05) is 0 Å². The van der Waals surface area contributed by atoms with Gasteiger partial charge in [-0.2, -0.15) is 0 Å². The van der Waals surface area contributed by atoms with Crippen LogP contribution in [0.15, 0.2) is 24.3 Å². The fourth-order valence-corrected chi connectivity index (χ4v) is 3.40. The number of amides is 1. The number of hydrogen-bond donors (Lipinski definition) is 2. The Hall–Kier alpha value is -1.69. The lowest BCUT2D eigenvalue weighted by atomic mass is 10.1. The van der Waals surface area contributed by atoms with Gasteiger partial charge in [-0.3, -0.25) is 13.8 Å². The van der Waals surface area contributed by atoms with E-state index >= 15 is 0 Å².